The molecule has 6 heteroatoms. The second-order valence-corrected chi connectivity index (χ2v) is 8.14. The van der Waals surface area contributed by atoms with E-state index < -0.39 is 0 Å². The van der Waals surface area contributed by atoms with Gasteiger partial charge in [0.1, 0.15) is 0 Å². The average molecular weight is 349 g/mol. The molecule has 5 nitrogen and oxygen atoms in total. The number of rotatable bonds is 7. The van der Waals surface area contributed by atoms with Gasteiger partial charge in [0, 0.05) is 42.5 Å². The van der Waals surface area contributed by atoms with Crippen molar-refractivity contribution in [1.82, 2.24) is 19.4 Å². The monoisotopic (exact) mass is 348 g/mol. The minimum absolute atomic E-state index is 0.613. The van der Waals surface area contributed by atoms with Gasteiger partial charge in [0.05, 0.1) is 30.9 Å². The van der Waals surface area contributed by atoms with Crippen molar-refractivity contribution in [2.75, 3.05) is 33.8 Å². The maximum absolute atomic E-state index is 5.82. The lowest BCUT2D eigenvalue weighted by molar-refractivity contribution is 0.102. The first kappa shape index (κ1) is 17.6. The number of thiophene rings is 1. The van der Waals surface area contributed by atoms with Gasteiger partial charge >= 0.3 is 0 Å². The summed E-state index contributed by atoms with van der Waals surface area (Å²) < 4.78 is 8.13. The normalized spacial score (nSPS) is 15.7. The number of nitrogens with zero attached hydrogens (tertiary/aromatic N) is 4. The standard InChI is InChI=1S/C18H28N4OS/c1-15-5-6-16(24-15)11-21-7-4-8-22-14-19-17(18(22)12-21)13-23-10-9-20(2)3/h5-6,14H,4,7-13H2,1-3H3. The summed E-state index contributed by atoms with van der Waals surface area (Å²) in [7, 11) is 4.13. The lowest BCUT2D eigenvalue weighted by Gasteiger charge is -2.19. The fraction of sp³-hybridized carbons (Fsp3) is 0.611. The topological polar surface area (TPSA) is 33.5 Å². The van der Waals surface area contributed by atoms with Gasteiger partial charge < -0.3 is 14.2 Å². The van der Waals surface area contributed by atoms with Crippen molar-refractivity contribution in [2.45, 2.75) is 39.6 Å². The molecular formula is C18H28N4OS. The number of likely N-dealkylation sites (N-methyl/N-ethyl adjacent to an activating group) is 1. The van der Waals surface area contributed by atoms with E-state index in [0.717, 1.165) is 45.0 Å². The molecule has 0 aliphatic carbocycles. The van der Waals surface area contributed by atoms with E-state index in [1.54, 1.807) is 0 Å². The Labute approximate surface area is 148 Å². The molecule has 0 aromatic carbocycles. The molecule has 2 aromatic heterocycles. The molecule has 0 N–H and O–H groups in total. The van der Waals surface area contributed by atoms with E-state index in [1.165, 1.54) is 21.9 Å². The zero-order valence-corrected chi connectivity index (χ0v) is 15.8. The summed E-state index contributed by atoms with van der Waals surface area (Å²) >= 11 is 1.90. The van der Waals surface area contributed by atoms with Gasteiger partial charge in [-0.2, -0.15) is 0 Å². The summed E-state index contributed by atoms with van der Waals surface area (Å²) in [6.45, 7) is 8.67. The van der Waals surface area contributed by atoms with Crippen LogP contribution in [0.15, 0.2) is 18.5 Å². The van der Waals surface area contributed by atoms with Crippen LogP contribution in [0.1, 0.15) is 27.6 Å². The van der Waals surface area contributed by atoms with Gasteiger partial charge in [-0.15, -0.1) is 11.3 Å². The van der Waals surface area contributed by atoms with Crippen LogP contribution in [0.4, 0.5) is 0 Å². The highest BCUT2D eigenvalue weighted by molar-refractivity contribution is 7.11. The number of aryl methyl sites for hydroxylation is 2. The molecule has 0 bridgehead atoms. The van der Waals surface area contributed by atoms with E-state index in [9.17, 15) is 0 Å². The van der Waals surface area contributed by atoms with Crippen LogP contribution in [0, 0.1) is 6.92 Å². The van der Waals surface area contributed by atoms with Crippen LogP contribution in [0.5, 0.6) is 0 Å². The maximum Gasteiger partial charge on any atom is 0.0953 e. The van der Waals surface area contributed by atoms with Gasteiger partial charge in [-0.1, -0.05) is 0 Å². The fourth-order valence-electron chi connectivity index (χ4n) is 3.04. The number of aromatic nitrogens is 2. The second kappa shape index (κ2) is 8.25. The van der Waals surface area contributed by atoms with E-state index in [2.05, 4.69) is 52.5 Å². The summed E-state index contributed by atoms with van der Waals surface area (Å²) in [5.74, 6) is 0. The second-order valence-electron chi connectivity index (χ2n) is 6.76. The highest BCUT2D eigenvalue weighted by Gasteiger charge is 2.19. The minimum atomic E-state index is 0.613. The highest BCUT2D eigenvalue weighted by Crippen LogP contribution is 2.22. The molecule has 1 aliphatic rings. The van der Waals surface area contributed by atoms with Gasteiger partial charge in [-0.05, 0) is 39.6 Å². The van der Waals surface area contributed by atoms with Crippen molar-refractivity contribution < 1.29 is 4.74 Å². The number of ether oxygens (including phenoxy) is 1. The van der Waals surface area contributed by atoms with Crippen molar-refractivity contribution in [3.05, 3.63) is 39.6 Å². The van der Waals surface area contributed by atoms with Crippen LogP contribution in [-0.4, -0.2) is 53.1 Å². The third kappa shape index (κ3) is 4.66. The van der Waals surface area contributed by atoms with E-state index >= 15 is 0 Å². The zero-order valence-electron chi connectivity index (χ0n) is 15.0. The Morgan fingerprint density at radius 2 is 2.17 bits per heavy atom. The molecule has 2 aromatic rings. The summed E-state index contributed by atoms with van der Waals surface area (Å²) in [6.07, 6.45) is 3.16. The van der Waals surface area contributed by atoms with Crippen LogP contribution in [-0.2, 0) is 31.0 Å². The predicted molar refractivity (Wildman–Crippen MR) is 98.2 cm³/mol. The predicted octanol–water partition coefficient (Wildman–Crippen LogP) is 2.74. The number of hydrogen-bond donors (Lipinski definition) is 0. The van der Waals surface area contributed by atoms with Gasteiger partial charge in [-0.3, -0.25) is 4.90 Å². The van der Waals surface area contributed by atoms with Crippen LogP contribution < -0.4 is 0 Å². The first-order chi connectivity index (χ1) is 11.6. The highest BCUT2D eigenvalue weighted by atomic mass is 32.1. The van der Waals surface area contributed by atoms with E-state index in [-0.39, 0.29) is 0 Å². The van der Waals surface area contributed by atoms with Crippen LogP contribution in [0.2, 0.25) is 0 Å². The Kier molecular flexibility index (Phi) is 6.05. The SMILES string of the molecule is Cc1ccc(CN2CCCn3cnc(COCCN(C)C)c3C2)s1. The molecule has 0 spiro atoms. The van der Waals surface area contributed by atoms with E-state index in [4.69, 9.17) is 4.74 Å². The molecule has 0 unspecified atom stereocenters. The Hall–Kier alpha value is -1.21. The quantitative estimate of drug-likeness (QED) is 0.721. The van der Waals surface area contributed by atoms with Crippen molar-refractivity contribution >= 4 is 11.3 Å². The molecule has 0 radical (unpaired) electrons. The Balaban J connectivity index is 1.61. The first-order valence-corrected chi connectivity index (χ1v) is 9.46. The van der Waals surface area contributed by atoms with Gasteiger partial charge in [0.25, 0.3) is 0 Å². The van der Waals surface area contributed by atoms with Gasteiger partial charge in [0.15, 0.2) is 0 Å². The van der Waals surface area contributed by atoms with Gasteiger partial charge in [-0.25, -0.2) is 4.98 Å². The summed E-state index contributed by atoms with van der Waals surface area (Å²) in [6, 6.07) is 4.47. The molecule has 132 valence electrons. The Morgan fingerprint density at radius 1 is 1.29 bits per heavy atom. The first-order valence-electron chi connectivity index (χ1n) is 8.65. The number of hydrogen-bond acceptors (Lipinski definition) is 5. The van der Waals surface area contributed by atoms with Crippen LogP contribution in [0.3, 0.4) is 0 Å². The Morgan fingerprint density at radius 3 is 2.92 bits per heavy atom. The van der Waals surface area contributed by atoms with E-state index in [1.807, 2.05) is 17.7 Å². The van der Waals surface area contributed by atoms with Crippen molar-refractivity contribution in [3.8, 4) is 0 Å². The smallest absolute Gasteiger partial charge is 0.0953 e. The lowest BCUT2D eigenvalue weighted by Crippen LogP contribution is -2.23. The van der Waals surface area contributed by atoms with Crippen molar-refractivity contribution in [3.63, 3.8) is 0 Å². The number of fused-ring (bicyclic) bond motifs is 1. The molecular weight excluding hydrogens is 320 g/mol. The van der Waals surface area contributed by atoms with Gasteiger partial charge in [0.2, 0.25) is 0 Å². The van der Waals surface area contributed by atoms with Crippen LogP contribution in [0.25, 0.3) is 0 Å². The summed E-state index contributed by atoms with van der Waals surface area (Å²) in [5, 5.41) is 0. The third-order valence-electron chi connectivity index (χ3n) is 4.38. The molecule has 3 rings (SSSR count). The van der Waals surface area contributed by atoms with Crippen molar-refractivity contribution in [1.29, 1.82) is 0 Å². The summed E-state index contributed by atoms with van der Waals surface area (Å²) in [5.41, 5.74) is 2.42. The van der Waals surface area contributed by atoms with E-state index in [0.29, 0.717) is 6.61 Å². The lowest BCUT2D eigenvalue weighted by atomic mass is 10.3. The third-order valence-corrected chi connectivity index (χ3v) is 5.36. The molecule has 0 amide bonds. The molecule has 0 atom stereocenters. The largest absolute Gasteiger partial charge is 0.374 e. The molecule has 24 heavy (non-hydrogen) atoms. The minimum Gasteiger partial charge on any atom is -0.374 e. The zero-order chi connectivity index (χ0) is 16.9. The number of imidazole rings is 1. The van der Waals surface area contributed by atoms with Crippen molar-refractivity contribution in [2.24, 2.45) is 0 Å². The van der Waals surface area contributed by atoms with Crippen LogP contribution >= 0.6 is 11.3 Å². The maximum atomic E-state index is 5.82. The molecule has 3 heterocycles. The summed E-state index contributed by atoms with van der Waals surface area (Å²) in [4.78, 5) is 12.1. The molecule has 0 fully saturated rings. The fourth-order valence-corrected chi connectivity index (χ4v) is 3.97. The average Bonchev–Trinajstić information content (AvgIpc) is 3.04. The molecule has 1 aliphatic heterocycles. The Bertz CT molecular complexity index is 649. The molecule has 0 saturated heterocycles. The molecule has 0 saturated carbocycles.